The summed E-state index contributed by atoms with van der Waals surface area (Å²) in [6, 6.07) is 16.4. The average Bonchev–Trinajstić information content (AvgIpc) is 2.92. The van der Waals surface area contributed by atoms with Crippen LogP contribution in [0.1, 0.15) is 5.56 Å². The van der Waals surface area contributed by atoms with Crippen molar-refractivity contribution in [3.05, 3.63) is 57.7 Å². The number of aromatic amines is 1. The Morgan fingerprint density at radius 3 is 2.73 bits per heavy atom. The number of H-pyrrole nitrogens is 1. The van der Waals surface area contributed by atoms with Crippen LogP contribution in [0, 0.1) is 3.57 Å². The van der Waals surface area contributed by atoms with E-state index in [1.165, 1.54) is 9.13 Å². The Bertz CT molecular complexity index is 967. The van der Waals surface area contributed by atoms with Gasteiger partial charge in [0, 0.05) is 20.2 Å². The van der Waals surface area contributed by atoms with Gasteiger partial charge in [-0.15, -0.1) is 10.2 Å². The minimum atomic E-state index is 0.693. The Hall–Kier alpha value is -1.67. The van der Waals surface area contributed by atoms with Gasteiger partial charge in [0.1, 0.15) is 5.52 Å². The maximum atomic E-state index is 4.59. The van der Waals surface area contributed by atoms with Crippen molar-refractivity contribution >= 4 is 56.4 Å². The van der Waals surface area contributed by atoms with E-state index in [0.29, 0.717) is 5.16 Å². The number of para-hydroxylation sites is 1. The van der Waals surface area contributed by atoms with E-state index in [-0.39, 0.29) is 0 Å². The van der Waals surface area contributed by atoms with E-state index in [9.17, 15) is 0 Å². The second-order valence-corrected chi connectivity index (χ2v) is 6.95. The molecule has 0 atom stereocenters. The minimum Gasteiger partial charge on any atom is -0.338 e. The van der Waals surface area contributed by atoms with Gasteiger partial charge in [-0.05, 0) is 40.3 Å². The van der Waals surface area contributed by atoms with E-state index in [0.717, 1.165) is 27.8 Å². The molecule has 0 aliphatic rings. The number of nitrogens with one attached hydrogen (secondary N) is 1. The van der Waals surface area contributed by atoms with Crippen molar-refractivity contribution in [2.75, 3.05) is 0 Å². The lowest BCUT2D eigenvalue weighted by atomic mass is 10.2. The third kappa shape index (κ3) is 2.56. The smallest absolute Gasteiger partial charge is 0.211 e. The summed E-state index contributed by atoms with van der Waals surface area (Å²) in [5, 5.41) is 10.3. The van der Waals surface area contributed by atoms with E-state index in [1.54, 1.807) is 11.8 Å². The first-order valence-electron chi connectivity index (χ1n) is 6.78. The van der Waals surface area contributed by atoms with Crippen LogP contribution in [0.4, 0.5) is 0 Å². The first kappa shape index (κ1) is 14.0. The summed E-state index contributed by atoms with van der Waals surface area (Å²) in [6.07, 6.45) is 0. The van der Waals surface area contributed by atoms with Crippen LogP contribution in [-0.4, -0.2) is 20.2 Å². The first-order valence-corrected chi connectivity index (χ1v) is 8.85. The lowest BCUT2D eigenvalue weighted by Crippen LogP contribution is -1.93. The number of fused-ring (bicyclic) bond motifs is 3. The molecule has 2 aromatic carbocycles. The highest BCUT2D eigenvalue weighted by atomic mass is 127. The summed E-state index contributed by atoms with van der Waals surface area (Å²) >= 11 is 3.95. The summed E-state index contributed by atoms with van der Waals surface area (Å²) in [4.78, 5) is 7.89. The van der Waals surface area contributed by atoms with E-state index < -0.39 is 0 Å². The van der Waals surface area contributed by atoms with Crippen molar-refractivity contribution in [1.82, 2.24) is 20.2 Å². The predicted octanol–water partition coefficient (Wildman–Crippen LogP) is 4.40. The standard InChI is InChI=1S/C16H11IN4S/c17-12-7-3-1-5-10(12)9-22-16-19-15-14(20-21-16)11-6-2-4-8-13(11)18-15/h1-8H,9H2,(H,18,19,21). The van der Waals surface area contributed by atoms with Crippen LogP contribution in [0.5, 0.6) is 0 Å². The third-order valence-corrected chi connectivity index (χ3v) is 5.36. The summed E-state index contributed by atoms with van der Waals surface area (Å²) in [6.45, 7) is 0. The fourth-order valence-corrected chi connectivity index (χ4v) is 3.95. The normalized spacial score (nSPS) is 11.3. The number of halogens is 1. The molecule has 0 aliphatic carbocycles. The SMILES string of the molecule is Ic1ccccc1CSc1nnc2c(n1)[nH]c1ccccc12. The molecule has 0 amide bonds. The first-order chi connectivity index (χ1) is 10.8. The van der Waals surface area contributed by atoms with Gasteiger partial charge in [-0.3, -0.25) is 0 Å². The van der Waals surface area contributed by atoms with Crippen molar-refractivity contribution in [2.45, 2.75) is 10.9 Å². The van der Waals surface area contributed by atoms with Crippen molar-refractivity contribution in [1.29, 1.82) is 0 Å². The Morgan fingerprint density at radius 1 is 1.00 bits per heavy atom. The second kappa shape index (κ2) is 5.85. The second-order valence-electron chi connectivity index (χ2n) is 4.84. The zero-order valence-electron chi connectivity index (χ0n) is 11.5. The summed E-state index contributed by atoms with van der Waals surface area (Å²) in [5.41, 5.74) is 3.95. The largest absolute Gasteiger partial charge is 0.338 e. The van der Waals surface area contributed by atoms with Crippen LogP contribution >= 0.6 is 34.4 Å². The lowest BCUT2D eigenvalue weighted by molar-refractivity contribution is 0.878. The molecule has 4 nitrogen and oxygen atoms in total. The molecule has 0 saturated heterocycles. The van der Waals surface area contributed by atoms with Gasteiger partial charge in [0.15, 0.2) is 5.65 Å². The molecule has 4 rings (SSSR count). The van der Waals surface area contributed by atoms with Gasteiger partial charge in [0.25, 0.3) is 0 Å². The van der Waals surface area contributed by atoms with Crippen molar-refractivity contribution < 1.29 is 0 Å². The van der Waals surface area contributed by atoms with Crippen LogP contribution in [0.2, 0.25) is 0 Å². The molecule has 4 aromatic rings. The highest BCUT2D eigenvalue weighted by Crippen LogP contribution is 2.25. The molecule has 0 radical (unpaired) electrons. The maximum absolute atomic E-state index is 4.59. The van der Waals surface area contributed by atoms with Crippen LogP contribution in [0.25, 0.3) is 22.1 Å². The predicted molar refractivity (Wildman–Crippen MR) is 97.9 cm³/mol. The van der Waals surface area contributed by atoms with Crippen LogP contribution in [0.3, 0.4) is 0 Å². The molecule has 2 aromatic heterocycles. The summed E-state index contributed by atoms with van der Waals surface area (Å²) in [7, 11) is 0. The van der Waals surface area contributed by atoms with Crippen LogP contribution in [0.15, 0.2) is 53.7 Å². The van der Waals surface area contributed by atoms with E-state index in [2.05, 4.69) is 61.0 Å². The monoisotopic (exact) mass is 418 g/mol. The zero-order valence-corrected chi connectivity index (χ0v) is 14.4. The molecule has 108 valence electrons. The Morgan fingerprint density at radius 2 is 1.82 bits per heavy atom. The summed E-state index contributed by atoms with van der Waals surface area (Å²) < 4.78 is 1.26. The number of benzene rings is 2. The Labute approximate surface area is 144 Å². The number of nitrogens with zero attached hydrogens (tertiary/aromatic N) is 3. The Balaban J connectivity index is 1.65. The maximum Gasteiger partial charge on any atom is 0.211 e. The van der Waals surface area contributed by atoms with Gasteiger partial charge < -0.3 is 4.98 Å². The van der Waals surface area contributed by atoms with E-state index in [4.69, 9.17) is 0 Å². The van der Waals surface area contributed by atoms with E-state index >= 15 is 0 Å². The zero-order chi connectivity index (χ0) is 14.9. The van der Waals surface area contributed by atoms with Crippen LogP contribution < -0.4 is 0 Å². The van der Waals surface area contributed by atoms with Crippen molar-refractivity contribution in [3.63, 3.8) is 0 Å². The molecule has 0 saturated carbocycles. The molecule has 0 unspecified atom stereocenters. The number of hydrogen-bond donors (Lipinski definition) is 1. The highest BCUT2D eigenvalue weighted by molar-refractivity contribution is 14.1. The highest BCUT2D eigenvalue weighted by Gasteiger charge is 2.09. The van der Waals surface area contributed by atoms with Gasteiger partial charge in [-0.25, -0.2) is 4.98 Å². The fourth-order valence-electron chi connectivity index (χ4n) is 2.32. The molecule has 0 aliphatic heterocycles. The Kier molecular flexibility index (Phi) is 3.71. The molecule has 2 heterocycles. The number of rotatable bonds is 3. The van der Waals surface area contributed by atoms with Crippen molar-refractivity contribution in [2.24, 2.45) is 0 Å². The number of hydrogen-bond acceptors (Lipinski definition) is 4. The van der Waals surface area contributed by atoms with E-state index in [1.807, 2.05) is 30.3 Å². The van der Waals surface area contributed by atoms with Gasteiger partial charge in [-0.2, -0.15) is 0 Å². The fraction of sp³-hybridized carbons (Fsp3) is 0.0625. The molecular formula is C16H11IN4S. The molecular weight excluding hydrogens is 407 g/mol. The number of aromatic nitrogens is 4. The molecule has 22 heavy (non-hydrogen) atoms. The average molecular weight is 418 g/mol. The molecule has 6 heteroatoms. The molecule has 0 bridgehead atoms. The van der Waals surface area contributed by atoms with Gasteiger partial charge >= 0.3 is 0 Å². The molecule has 0 fully saturated rings. The topological polar surface area (TPSA) is 54.5 Å². The third-order valence-electron chi connectivity index (χ3n) is 3.42. The number of thioether (sulfide) groups is 1. The van der Waals surface area contributed by atoms with Gasteiger partial charge in [-0.1, -0.05) is 48.2 Å². The quantitative estimate of drug-likeness (QED) is 0.396. The lowest BCUT2D eigenvalue weighted by Gasteiger charge is -2.02. The van der Waals surface area contributed by atoms with Gasteiger partial charge in [0.2, 0.25) is 5.16 Å². The minimum absolute atomic E-state index is 0.693. The van der Waals surface area contributed by atoms with Crippen molar-refractivity contribution in [3.8, 4) is 0 Å². The van der Waals surface area contributed by atoms with Gasteiger partial charge in [0.05, 0.1) is 0 Å². The summed E-state index contributed by atoms with van der Waals surface area (Å²) in [5.74, 6) is 0.840. The molecule has 0 spiro atoms. The molecule has 1 N–H and O–H groups in total. The van der Waals surface area contributed by atoms with Crippen LogP contribution in [-0.2, 0) is 5.75 Å².